The molecule has 0 radical (unpaired) electrons. The van der Waals surface area contributed by atoms with Crippen molar-refractivity contribution in [1.82, 2.24) is 4.90 Å². The van der Waals surface area contributed by atoms with Gasteiger partial charge < -0.3 is 19.4 Å². The van der Waals surface area contributed by atoms with E-state index in [2.05, 4.69) is 17.9 Å². The quantitative estimate of drug-likeness (QED) is 0.783. The average Bonchev–Trinajstić information content (AvgIpc) is 3.18. The summed E-state index contributed by atoms with van der Waals surface area (Å²) in [5.74, 6) is 0.918. The first kappa shape index (κ1) is 19.3. The van der Waals surface area contributed by atoms with Crippen LogP contribution in [0.1, 0.15) is 30.1 Å². The molecule has 1 fully saturated rings. The van der Waals surface area contributed by atoms with Gasteiger partial charge in [0.05, 0.1) is 18.8 Å². The van der Waals surface area contributed by atoms with Gasteiger partial charge in [-0.3, -0.25) is 9.59 Å². The van der Waals surface area contributed by atoms with Crippen LogP contribution in [0.3, 0.4) is 0 Å². The van der Waals surface area contributed by atoms with Crippen LogP contribution in [-0.2, 0) is 4.79 Å². The Balaban J connectivity index is 1.46. The molecule has 6 heteroatoms. The highest BCUT2D eigenvalue weighted by Crippen LogP contribution is 2.33. The lowest BCUT2D eigenvalue weighted by atomic mass is 10.1. The zero-order valence-electron chi connectivity index (χ0n) is 17.0. The second-order valence-electron chi connectivity index (χ2n) is 7.63. The van der Waals surface area contributed by atoms with Gasteiger partial charge in [0.15, 0.2) is 0 Å². The number of anilines is 2. The van der Waals surface area contributed by atoms with Crippen molar-refractivity contribution < 1.29 is 14.3 Å². The highest BCUT2D eigenvalue weighted by molar-refractivity contribution is 5.99. The van der Waals surface area contributed by atoms with Crippen LogP contribution in [0.15, 0.2) is 48.5 Å². The Morgan fingerprint density at radius 3 is 2.79 bits per heavy atom. The third-order valence-corrected chi connectivity index (χ3v) is 5.61. The molecule has 2 aliphatic heterocycles. The molecule has 0 aromatic heterocycles. The van der Waals surface area contributed by atoms with E-state index in [-0.39, 0.29) is 17.9 Å². The van der Waals surface area contributed by atoms with Gasteiger partial charge in [-0.25, -0.2) is 0 Å². The van der Waals surface area contributed by atoms with E-state index in [1.54, 1.807) is 22.9 Å². The fourth-order valence-corrected chi connectivity index (χ4v) is 4.11. The van der Waals surface area contributed by atoms with Crippen molar-refractivity contribution in [2.45, 2.75) is 25.9 Å². The summed E-state index contributed by atoms with van der Waals surface area (Å²) in [6.45, 7) is 4.97. The molecule has 152 valence electrons. The number of hydrogen-bond donors (Lipinski definition) is 0. The van der Waals surface area contributed by atoms with Crippen LogP contribution >= 0.6 is 0 Å². The maximum atomic E-state index is 13.0. The molecule has 4 rings (SSSR count). The normalized spacial score (nSPS) is 18.4. The molecule has 0 bridgehead atoms. The Labute approximate surface area is 171 Å². The number of carbonyl (C=O) groups excluding carboxylic acids is 2. The molecule has 0 N–H and O–H groups in total. The number of nitrogens with zero attached hydrogens (tertiary/aromatic N) is 3. The molecule has 0 aliphatic carbocycles. The van der Waals surface area contributed by atoms with Crippen molar-refractivity contribution in [1.29, 1.82) is 0 Å². The third kappa shape index (κ3) is 3.92. The Hall–Kier alpha value is -3.02. The molecule has 2 heterocycles. The first-order valence-electron chi connectivity index (χ1n) is 10.2. The van der Waals surface area contributed by atoms with E-state index in [0.29, 0.717) is 25.1 Å². The first-order chi connectivity index (χ1) is 14.1. The topological polar surface area (TPSA) is 53.1 Å². The van der Waals surface area contributed by atoms with Crippen molar-refractivity contribution in [2.24, 2.45) is 0 Å². The minimum Gasteiger partial charge on any atom is -0.485 e. The minimum atomic E-state index is -0.0952. The van der Waals surface area contributed by atoms with E-state index in [1.165, 1.54) is 0 Å². The number of benzene rings is 2. The molecular formula is C23H27N3O3. The molecule has 1 atom stereocenters. The van der Waals surface area contributed by atoms with Gasteiger partial charge in [0, 0.05) is 37.8 Å². The summed E-state index contributed by atoms with van der Waals surface area (Å²) in [7, 11) is 1.80. The van der Waals surface area contributed by atoms with Gasteiger partial charge in [-0.05, 0) is 43.7 Å². The summed E-state index contributed by atoms with van der Waals surface area (Å²) in [5.41, 5.74) is 2.49. The predicted molar refractivity (Wildman–Crippen MR) is 114 cm³/mol. The number of rotatable bonds is 5. The van der Waals surface area contributed by atoms with Crippen molar-refractivity contribution >= 4 is 23.2 Å². The SMILES string of the molecule is CCN1C[C@H](CN(C)C(=O)c2cccc(N3CCCC3=O)c2)Oc2ccccc21. The predicted octanol–water partition coefficient (Wildman–Crippen LogP) is 3.17. The van der Waals surface area contributed by atoms with E-state index in [0.717, 1.165) is 36.6 Å². The lowest BCUT2D eigenvalue weighted by Crippen LogP contribution is -2.46. The van der Waals surface area contributed by atoms with Crippen molar-refractivity contribution in [2.75, 3.05) is 43.0 Å². The van der Waals surface area contributed by atoms with E-state index in [1.807, 2.05) is 36.4 Å². The van der Waals surface area contributed by atoms with Gasteiger partial charge in [-0.15, -0.1) is 0 Å². The standard InChI is InChI=1S/C23H27N3O3/c1-3-25-16-19(29-21-11-5-4-10-20(21)25)15-24(2)23(28)17-8-6-9-18(14-17)26-13-7-12-22(26)27/h4-6,8-11,14,19H,3,7,12-13,15-16H2,1-2H3/t19-/m0/s1. The van der Waals surface area contributed by atoms with Crippen molar-refractivity contribution in [3.8, 4) is 5.75 Å². The molecule has 0 spiro atoms. The van der Waals surface area contributed by atoms with Crippen LogP contribution in [0.4, 0.5) is 11.4 Å². The number of ether oxygens (including phenoxy) is 1. The number of hydrogen-bond acceptors (Lipinski definition) is 4. The highest BCUT2D eigenvalue weighted by atomic mass is 16.5. The van der Waals surface area contributed by atoms with Crippen LogP contribution in [0, 0.1) is 0 Å². The van der Waals surface area contributed by atoms with Crippen LogP contribution in [0.25, 0.3) is 0 Å². The molecule has 0 saturated carbocycles. The number of fused-ring (bicyclic) bond motifs is 1. The van der Waals surface area contributed by atoms with Crippen LogP contribution < -0.4 is 14.5 Å². The summed E-state index contributed by atoms with van der Waals surface area (Å²) in [6.07, 6.45) is 1.35. The van der Waals surface area contributed by atoms with Crippen LogP contribution in [-0.4, -0.2) is 56.0 Å². The number of likely N-dealkylation sites (N-methyl/N-ethyl adjacent to an activating group) is 2. The second-order valence-corrected chi connectivity index (χ2v) is 7.63. The van der Waals surface area contributed by atoms with Gasteiger partial charge in [0.2, 0.25) is 5.91 Å². The Morgan fingerprint density at radius 2 is 2.03 bits per heavy atom. The Bertz CT molecular complexity index is 914. The summed E-state index contributed by atoms with van der Waals surface area (Å²) in [6, 6.07) is 15.4. The lowest BCUT2D eigenvalue weighted by Gasteiger charge is -2.37. The number of para-hydroxylation sites is 2. The summed E-state index contributed by atoms with van der Waals surface area (Å²) >= 11 is 0. The van der Waals surface area contributed by atoms with Crippen molar-refractivity contribution in [3.05, 3.63) is 54.1 Å². The third-order valence-electron chi connectivity index (χ3n) is 5.61. The molecular weight excluding hydrogens is 366 g/mol. The first-order valence-corrected chi connectivity index (χ1v) is 10.2. The fourth-order valence-electron chi connectivity index (χ4n) is 4.11. The van der Waals surface area contributed by atoms with Gasteiger partial charge in [0.1, 0.15) is 11.9 Å². The van der Waals surface area contributed by atoms with Crippen molar-refractivity contribution in [3.63, 3.8) is 0 Å². The number of amides is 2. The average molecular weight is 393 g/mol. The monoisotopic (exact) mass is 393 g/mol. The largest absolute Gasteiger partial charge is 0.485 e. The zero-order valence-corrected chi connectivity index (χ0v) is 17.0. The Kier molecular flexibility index (Phi) is 5.43. The smallest absolute Gasteiger partial charge is 0.253 e. The Morgan fingerprint density at radius 1 is 1.21 bits per heavy atom. The fraction of sp³-hybridized carbons (Fsp3) is 0.391. The maximum Gasteiger partial charge on any atom is 0.253 e. The summed E-state index contributed by atoms with van der Waals surface area (Å²) in [4.78, 5) is 30.8. The molecule has 6 nitrogen and oxygen atoms in total. The van der Waals surface area contributed by atoms with Crippen LogP contribution in [0.2, 0.25) is 0 Å². The molecule has 2 aromatic rings. The summed E-state index contributed by atoms with van der Waals surface area (Å²) < 4.78 is 6.15. The van der Waals surface area contributed by atoms with Gasteiger partial charge in [0.25, 0.3) is 5.91 Å². The van der Waals surface area contributed by atoms with Gasteiger partial charge in [-0.2, -0.15) is 0 Å². The lowest BCUT2D eigenvalue weighted by molar-refractivity contribution is -0.117. The maximum absolute atomic E-state index is 13.0. The zero-order chi connectivity index (χ0) is 20.4. The molecule has 0 unspecified atom stereocenters. The van der Waals surface area contributed by atoms with E-state index in [9.17, 15) is 9.59 Å². The second kappa shape index (κ2) is 8.15. The highest BCUT2D eigenvalue weighted by Gasteiger charge is 2.27. The molecule has 29 heavy (non-hydrogen) atoms. The van der Waals surface area contributed by atoms with Gasteiger partial charge in [-0.1, -0.05) is 18.2 Å². The molecule has 2 aromatic carbocycles. The van der Waals surface area contributed by atoms with E-state index >= 15 is 0 Å². The van der Waals surface area contributed by atoms with E-state index < -0.39 is 0 Å². The van der Waals surface area contributed by atoms with Crippen LogP contribution in [0.5, 0.6) is 5.75 Å². The number of carbonyl (C=O) groups is 2. The minimum absolute atomic E-state index is 0.0657. The summed E-state index contributed by atoms with van der Waals surface area (Å²) in [5, 5.41) is 0. The van der Waals surface area contributed by atoms with Gasteiger partial charge >= 0.3 is 0 Å². The molecule has 1 saturated heterocycles. The van der Waals surface area contributed by atoms with E-state index in [4.69, 9.17) is 4.74 Å². The molecule has 2 aliphatic rings. The molecule has 2 amide bonds.